The second-order valence-electron chi connectivity index (χ2n) is 5.67. The van der Waals surface area contributed by atoms with Gasteiger partial charge in [-0.3, -0.25) is 9.55 Å². The van der Waals surface area contributed by atoms with Crippen molar-refractivity contribution in [3.05, 3.63) is 59.9 Å². The summed E-state index contributed by atoms with van der Waals surface area (Å²) in [5.74, 6) is 3.18. The van der Waals surface area contributed by atoms with E-state index in [0.717, 1.165) is 6.07 Å². The summed E-state index contributed by atoms with van der Waals surface area (Å²) >= 11 is 0.164. The molecule has 1 saturated carbocycles. The first kappa shape index (κ1) is 10.9. The Morgan fingerprint density at radius 1 is 1.37 bits per heavy atom. The molecule has 1 N–H and O–H groups in total. The van der Waals surface area contributed by atoms with Crippen molar-refractivity contribution in [2.24, 2.45) is 0 Å². The molecule has 0 unspecified atom stereocenters. The van der Waals surface area contributed by atoms with Crippen LogP contribution in [0.1, 0.15) is 52.0 Å². The molecule has 2 heterocycles. The van der Waals surface area contributed by atoms with Gasteiger partial charge in [-0.2, -0.15) is 0 Å². The summed E-state index contributed by atoms with van der Waals surface area (Å²) < 4.78 is 110. The molecule has 1 fully saturated rings. The van der Waals surface area contributed by atoms with Gasteiger partial charge in [-0.05, 0) is 37.0 Å². The van der Waals surface area contributed by atoms with E-state index in [9.17, 15) is 4.39 Å². The zero-order chi connectivity index (χ0) is 30.6. The number of hydrogen-bond donors (Lipinski definition) is 1. The number of nitrogens with zero attached hydrogens (tertiary/aromatic N) is 4. The molecule has 3 aromatic rings. The third-order valence-corrected chi connectivity index (χ3v) is 4.63. The Hall–Kier alpha value is -2.89. The van der Waals surface area contributed by atoms with Crippen molar-refractivity contribution in [2.75, 3.05) is 6.56 Å². The minimum Gasteiger partial charge on any atom is -0.485 e. The Kier molecular flexibility index (Phi) is 3.55. The molecule has 0 atom stereocenters. The monoisotopic (exact) mass is 435 g/mol. The van der Waals surface area contributed by atoms with E-state index >= 15 is 0 Å². The third kappa shape index (κ3) is 4.81. The molecule has 8 heteroatoms. The Balaban J connectivity index is 1.70. The van der Waals surface area contributed by atoms with Crippen LogP contribution in [0, 0.1) is 17.7 Å². The lowest BCUT2D eigenvalue weighted by Crippen LogP contribution is -2.08. The lowest BCUT2D eigenvalue weighted by atomic mass is 10.2. The van der Waals surface area contributed by atoms with Crippen LogP contribution in [-0.2, 0) is 6.61 Å². The Morgan fingerprint density at radius 3 is 2.97 bits per heavy atom. The van der Waals surface area contributed by atoms with Gasteiger partial charge in [-0.15, -0.1) is 10.2 Å². The number of pyridine rings is 1. The molecule has 0 spiro atoms. The van der Waals surface area contributed by atoms with Gasteiger partial charge < -0.3 is 9.84 Å². The second kappa shape index (κ2) is 9.74. The number of ether oxygens (including phenoxy) is 1. The van der Waals surface area contributed by atoms with Gasteiger partial charge in [0.05, 0.1) is 20.2 Å². The highest BCUT2D eigenvalue weighted by Crippen LogP contribution is 2.35. The number of rotatable bonds is 6. The van der Waals surface area contributed by atoms with Gasteiger partial charge in [0.15, 0.2) is 11.0 Å². The van der Waals surface area contributed by atoms with Gasteiger partial charge in [0.25, 0.3) is 0 Å². The number of aromatic nitrogens is 4. The quantitative estimate of drug-likeness (QED) is 0.595. The van der Waals surface area contributed by atoms with Crippen LogP contribution in [0.3, 0.4) is 0 Å². The van der Waals surface area contributed by atoms with Gasteiger partial charge in [-0.25, -0.2) is 4.39 Å². The molecule has 1 aromatic carbocycles. The SMILES string of the molecule is [2H]C([2H])(O)C#Cc1ccc(OCc2nnc(SC3([2H])C([2H])([2H])C([2H])([2H])C([2H])([2H])C3([2H])[2H])n2-c2cccnc2)cc1F. The van der Waals surface area contributed by atoms with Gasteiger partial charge in [0, 0.05) is 29.8 Å². The molecule has 30 heavy (non-hydrogen) atoms. The Bertz CT molecular complexity index is 1500. The minimum atomic E-state index is -3.38. The van der Waals surface area contributed by atoms with E-state index in [1.165, 1.54) is 29.1 Å². The van der Waals surface area contributed by atoms with E-state index < -0.39 is 43.1 Å². The molecule has 1 aliphatic rings. The first-order valence-corrected chi connectivity index (χ1v) is 9.30. The van der Waals surface area contributed by atoms with Crippen LogP contribution in [0.2, 0.25) is 0 Å². The molecular weight excluding hydrogens is 403 g/mol. The van der Waals surface area contributed by atoms with Crippen LogP contribution in [0.15, 0.2) is 47.9 Å². The lowest BCUT2D eigenvalue weighted by Gasteiger charge is -2.13. The summed E-state index contributed by atoms with van der Waals surface area (Å²) in [6, 6.07) is 6.57. The first-order valence-electron chi connectivity index (χ1n) is 14.0. The predicted octanol–water partition coefficient (Wildman–Crippen LogP) is 3.76. The number of benzene rings is 1. The van der Waals surface area contributed by atoms with Gasteiger partial charge in [0.2, 0.25) is 0 Å². The van der Waals surface area contributed by atoms with Crippen LogP contribution in [0.4, 0.5) is 4.39 Å². The van der Waals surface area contributed by atoms with E-state index in [1.54, 1.807) is 12.1 Å². The molecule has 0 saturated heterocycles. The minimum absolute atomic E-state index is 0.00295. The van der Waals surface area contributed by atoms with Crippen molar-refractivity contribution in [3.63, 3.8) is 0 Å². The van der Waals surface area contributed by atoms with Crippen molar-refractivity contribution >= 4 is 11.8 Å². The summed E-state index contributed by atoms with van der Waals surface area (Å²) in [5, 5.41) is 13.7. The fourth-order valence-corrected chi connectivity index (χ4v) is 3.26. The highest BCUT2D eigenvalue weighted by atomic mass is 32.2. The maximum Gasteiger partial charge on any atom is 0.196 e. The number of aliphatic hydroxyl groups is 1. The van der Waals surface area contributed by atoms with E-state index in [2.05, 4.69) is 21.1 Å². The number of hydrogen-bond acceptors (Lipinski definition) is 6. The van der Waals surface area contributed by atoms with Gasteiger partial charge in [0.1, 0.15) is 24.7 Å². The molecule has 154 valence electrons. The van der Waals surface area contributed by atoms with Crippen LogP contribution < -0.4 is 4.74 Å². The average molecular weight is 436 g/mol. The standard InChI is InChI=1S/C22H21FN4O2S/c23-20-13-18(10-9-16(20)5-4-12-28)29-15-21-25-26-22(30-19-7-1-2-8-19)27(21)17-6-3-11-24-14-17/h3,6,9-11,13-14,19,28H,1-2,7-8,12,15H2/i1D2,2D2,7D2,8D2,12D2,19D. The highest BCUT2D eigenvalue weighted by molar-refractivity contribution is 7.99. The maximum atomic E-state index is 14.5. The van der Waals surface area contributed by atoms with E-state index in [-0.39, 0.29) is 46.3 Å². The average Bonchev–Trinajstić information content (AvgIpc) is 3.29. The molecule has 0 bridgehead atoms. The lowest BCUT2D eigenvalue weighted by molar-refractivity contribution is 0.291. The van der Waals surface area contributed by atoms with Crippen molar-refractivity contribution in [1.29, 1.82) is 0 Å². The molecule has 1 aliphatic carbocycles. The largest absolute Gasteiger partial charge is 0.485 e. The Morgan fingerprint density at radius 2 is 2.23 bits per heavy atom. The topological polar surface area (TPSA) is 73.1 Å². The van der Waals surface area contributed by atoms with E-state index in [1.807, 2.05) is 5.92 Å². The second-order valence-corrected chi connectivity index (χ2v) is 6.65. The smallest absolute Gasteiger partial charge is 0.196 e. The van der Waals surface area contributed by atoms with Crippen LogP contribution >= 0.6 is 11.8 Å². The van der Waals surface area contributed by atoms with Crippen LogP contribution in [-0.4, -0.2) is 36.6 Å². The maximum absolute atomic E-state index is 14.5. The van der Waals surface area contributed by atoms with Crippen LogP contribution in [0.5, 0.6) is 5.75 Å². The summed E-state index contributed by atoms with van der Waals surface area (Å²) in [6.45, 7) is -3.19. The summed E-state index contributed by atoms with van der Waals surface area (Å²) in [7, 11) is 0. The van der Waals surface area contributed by atoms with Crippen molar-refractivity contribution < 1.29 is 29.3 Å². The zero-order valence-corrected chi connectivity index (χ0v) is 16.0. The fraction of sp³-hybridized carbons (Fsp3) is 0.318. The first-order chi connectivity index (χ1) is 18.8. The molecule has 2 aromatic heterocycles. The fourth-order valence-electron chi connectivity index (χ4n) is 2.49. The molecular formula is C22H21FN4O2S. The summed E-state index contributed by atoms with van der Waals surface area (Å²) in [6.07, 6.45) is -10.6. The van der Waals surface area contributed by atoms with Crippen molar-refractivity contribution in [3.8, 4) is 23.3 Å². The molecule has 0 amide bonds. The highest BCUT2D eigenvalue weighted by Gasteiger charge is 2.22. The molecule has 6 nitrogen and oxygen atoms in total. The predicted molar refractivity (Wildman–Crippen MR) is 112 cm³/mol. The van der Waals surface area contributed by atoms with Gasteiger partial charge in [-0.1, -0.05) is 36.3 Å². The normalized spacial score (nSPS) is 27.5. The summed E-state index contributed by atoms with van der Waals surface area (Å²) in [5.41, 5.74) is 0.0791. The zero-order valence-electron chi connectivity index (χ0n) is 26.2. The number of halogens is 1. The van der Waals surface area contributed by atoms with Gasteiger partial charge >= 0.3 is 0 Å². The van der Waals surface area contributed by atoms with Crippen molar-refractivity contribution in [2.45, 2.75) is 42.5 Å². The van der Waals surface area contributed by atoms with Crippen molar-refractivity contribution in [1.82, 2.24) is 19.7 Å². The summed E-state index contributed by atoms with van der Waals surface area (Å²) in [4.78, 5) is 4.00. The van der Waals surface area contributed by atoms with E-state index in [4.69, 9.17) is 24.9 Å². The molecule has 0 aliphatic heterocycles. The molecule has 4 rings (SSSR count). The Labute approximate surface area is 194 Å². The van der Waals surface area contributed by atoms with Crippen LogP contribution in [0.25, 0.3) is 5.69 Å². The third-order valence-electron chi connectivity index (χ3n) is 3.77. The molecule has 0 radical (unpaired) electrons. The van der Waals surface area contributed by atoms with E-state index in [0.29, 0.717) is 0 Å². The number of thioether (sulfide) groups is 1.